The summed E-state index contributed by atoms with van der Waals surface area (Å²) in [7, 11) is -3.86. The van der Waals surface area contributed by atoms with Crippen molar-refractivity contribution >= 4 is 50.5 Å². The Morgan fingerprint density at radius 3 is 2.53 bits per heavy atom. The third-order valence-corrected chi connectivity index (χ3v) is 7.97. The van der Waals surface area contributed by atoms with Gasteiger partial charge in [0.05, 0.1) is 50.3 Å². The first-order valence-corrected chi connectivity index (χ1v) is 13.0. The number of fused-ring (bicyclic) bond motifs is 1. The smallest absolute Gasteiger partial charge is 0.264 e. The summed E-state index contributed by atoms with van der Waals surface area (Å²) in [5, 5.41) is 6.50. The summed E-state index contributed by atoms with van der Waals surface area (Å²) in [6.07, 6.45) is 2.07. The van der Waals surface area contributed by atoms with Crippen molar-refractivity contribution in [3.8, 4) is 0 Å². The number of pyridine rings is 1. The first kappa shape index (κ1) is 24.5. The average Bonchev–Trinajstić information content (AvgIpc) is 2.79. The first-order valence-electron chi connectivity index (χ1n) is 10.8. The largest absolute Gasteiger partial charge is 0.320 e. The number of anilines is 2. The van der Waals surface area contributed by atoms with E-state index in [2.05, 4.69) is 15.6 Å². The number of carbonyl (C=O) groups is 1. The molecular formula is C24H24Cl2N4O3S. The molecule has 10 heteroatoms. The van der Waals surface area contributed by atoms with Crippen LogP contribution in [-0.2, 0) is 16.4 Å². The summed E-state index contributed by atoms with van der Waals surface area (Å²) in [6, 6.07) is 13.1. The second-order valence-electron chi connectivity index (χ2n) is 8.05. The Kier molecular flexibility index (Phi) is 7.14. The lowest BCUT2D eigenvalue weighted by Gasteiger charge is -2.35. The van der Waals surface area contributed by atoms with Crippen LogP contribution < -0.4 is 14.9 Å². The molecule has 3 aromatic rings. The molecule has 1 aliphatic heterocycles. The van der Waals surface area contributed by atoms with Crippen LogP contribution in [-0.4, -0.2) is 38.4 Å². The molecule has 0 fully saturated rings. The van der Waals surface area contributed by atoms with Gasteiger partial charge in [0.1, 0.15) is 0 Å². The van der Waals surface area contributed by atoms with Crippen LogP contribution in [0.2, 0.25) is 10.0 Å². The number of aromatic nitrogens is 1. The third-order valence-electron chi connectivity index (χ3n) is 5.56. The maximum Gasteiger partial charge on any atom is 0.264 e. The van der Waals surface area contributed by atoms with Crippen molar-refractivity contribution in [3.05, 3.63) is 81.6 Å². The van der Waals surface area contributed by atoms with Crippen molar-refractivity contribution < 1.29 is 13.2 Å². The zero-order valence-electron chi connectivity index (χ0n) is 18.7. The van der Waals surface area contributed by atoms with E-state index in [1.54, 1.807) is 42.5 Å². The summed E-state index contributed by atoms with van der Waals surface area (Å²) in [5.41, 5.74) is 2.38. The highest BCUT2D eigenvalue weighted by Crippen LogP contribution is 2.34. The maximum atomic E-state index is 13.6. The van der Waals surface area contributed by atoms with Gasteiger partial charge in [-0.2, -0.15) is 0 Å². The third kappa shape index (κ3) is 4.90. The minimum atomic E-state index is -3.86. The highest BCUT2D eigenvalue weighted by molar-refractivity contribution is 7.92. The number of hydrogen-bond acceptors (Lipinski definition) is 5. The quantitative estimate of drug-likeness (QED) is 0.494. The second-order valence-corrected chi connectivity index (χ2v) is 10.7. The molecule has 1 aromatic heterocycles. The number of rotatable bonds is 6. The Morgan fingerprint density at radius 1 is 1.15 bits per heavy atom. The molecule has 2 aromatic carbocycles. The Balaban J connectivity index is 1.73. The van der Waals surface area contributed by atoms with Crippen LogP contribution >= 0.6 is 23.2 Å². The van der Waals surface area contributed by atoms with Gasteiger partial charge in [-0.1, -0.05) is 48.3 Å². The van der Waals surface area contributed by atoms with Gasteiger partial charge >= 0.3 is 0 Å². The zero-order valence-corrected chi connectivity index (χ0v) is 21.0. The maximum absolute atomic E-state index is 13.6. The fourth-order valence-corrected chi connectivity index (χ4v) is 6.19. The van der Waals surface area contributed by atoms with Crippen LogP contribution in [0.25, 0.3) is 0 Å². The number of amides is 1. The fraction of sp³-hybridized carbons (Fsp3) is 0.250. The molecule has 1 unspecified atom stereocenters. The minimum Gasteiger partial charge on any atom is -0.320 e. The summed E-state index contributed by atoms with van der Waals surface area (Å²) < 4.78 is 28.6. The number of sulfonamides is 1. The standard InChI is InChI=1S/C24H24Cl2N4O3S/c1-3-27-17-11-21-22(30(14-17)34(32,33)18-7-4-6-15(2)10-18)12-16(13-28-21)29-24(31)23-19(25)8-5-9-20(23)26/h4-10,12-13,17,27H,3,11,14H2,1-2H3,(H,29,31). The van der Waals surface area contributed by atoms with Gasteiger partial charge in [-0.3, -0.25) is 14.1 Å². The van der Waals surface area contributed by atoms with Gasteiger partial charge < -0.3 is 10.6 Å². The van der Waals surface area contributed by atoms with Crippen molar-refractivity contribution in [3.63, 3.8) is 0 Å². The molecule has 0 aliphatic carbocycles. The molecule has 1 amide bonds. The summed E-state index contributed by atoms with van der Waals surface area (Å²) in [4.78, 5) is 17.5. The lowest BCUT2D eigenvalue weighted by molar-refractivity contribution is 0.102. The lowest BCUT2D eigenvalue weighted by Crippen LogP contribution is -2.48. The molecule has 7 nitrogen and oxygen atoms in total. The van der Waals surface area contributed by atoms with Crippen molar-refractivity contribution in [2.45, 2.75) is 31.2 Å². The first-order chi connectivity index (χ1) is 16.2. The van der Waals surface area contributed by atoms with Crippen molar-refractivity contribution in [1.29, 1.82) is 0 Å². The molecule has 1 aliphatic rings. The van der Waals surface area contributed by atoms with Crippen LogP contribution in [0.3, 0.4) is 0 Å². The highest BCUT2D eigenvalue weighted by Gasteiger charge is 2.34. The molecule has 1 atom stereocenters. The number of likely N-dealkylation sites (N-methyl/N-ethyl adjacent to an activating group) is 1. The van der Waals surface area contributed by atoms with Gasteiger partial charge in [-0.25, -0.2) is 8.42 Å². The van der Waals surface area contributed by atoms with Gasteiger partial charge in [0.25, 0.3) is 15.9 Å². The predicted octanol–water partition coefficient (Wildman–Crippen LogP) is 4.68. The molecule has 0 radical (unpaired) electrons. The van der Waals surface area contributed by atoms with Crippen LogP contribution in [0.5, 0.6) is 0 Å². The molecule has 0 spiro atoms. The number of hydrogen-bond donors (Lipinski definition) is 2. The number of nitrogens with one attached hydrogen (secondary N) is 2. The second kappa shape index (κ2) is 9.92. The molecule has 2 N–H and O–H groups in total. The summed E-state index contributed by atoms with van der Waals surface area (Å²) in [6.45, 7) is 4.76. The van der Waals surface area contributed by atoms with E-state index in [-0.39, 0.29) is 33.1 Å². The molecule has 2 heterocycles. The van der Waals surface area contributed by atoms with Gasteiger partial charge in [0, 0.05) is 12.5 Å². The minimum absolute atomic E-state index is 0.0908. The van der Waals surface area contributed by atoms with E-state index in [4.69, 9.17) is 23.2 Å². The van der Waals surface area contributed by atoms with Gasteiger partial charge in [-0.05, 0) is 49.4 Å². The number of carbonyl (C=O) groups excluding carboxylic acids is 1. The van der Waals surface area contributed by atoms with E-state index in [1.807, 2.05) is 19.9 Å². The predicted molar refractivity (Wildman–Crippen MR) is 136 cm³/mol. The fourth-order valence-electron chi connectivity index (χ4n) is 3.98. The topological polar surface area (TPSA) is 91.4 Å². The van der Waals surface area contributed by atoms with Crippen molar-refractivity contribution in [2.24, 2.45) is 0 Å². The van der Waals surface area contributed by atoms with Gasteiger partial charge in [0.15, 0.2) is 0 Å². The van der Waals surface area contributed by atoms with Crippen molar-refractivity contribution in [2.75, 3.05) is 22.7 Å². The van der Waals surface area contributed by atoms with E-state index in [1.165, 1.54) is 10.5 Å². The molecule has 4 rings (SSSR count). The zero-order chi connectivity index (χ0) is 24.5. The Bertz CT molecular complexity index is 1330. The Labute approximate surface area is 209 Å². The van der Waals surface area contributed by atoms with Gasteiger partial charge in [-0.15, -0.1) is 0 Å². The average molecular weight is 519 g/mol. The molecule has 178 valence electrons. The Hall–Kier alpha value is -2.65. The monoisotopic (exact) mass is 518 g/mol. The normalized spacial score (nSPS) is 15.6. The van der Waals surface area contributed by atoms with Crippen LogP contribution in [0.15, 0.2) is 59.6 Å². The van der Waals surface area contributed by atoms with Crippen LogP contribution in [0.4, 0.5) is 11.4 Å². The number of benzene rings is 2. The number of halogens is 2. The van der Waals surface area contributed by atoms with Crippen molar-refractivity contribution in [1.82, 2.24) is 10.3 Å². The number of aryl methyl sites for hydroxylation is 1. The SMILES string of the molecule is CCNC1Cc2ncc(NC(=O)c3c(Cl)cccc3Cl)cc2N(S(=O)(=O)c2cccc(C)c2)C1. The lowest BCUT2D eigenvalue weighted by atomic mass is 10.0. The molecular weight excluding hydrogens is 495 g/mol. The van der Waals surface area contributed by atoms with Gasteiger partial charge in [0.2, 0.25) is 0 Å². The summed E-state index contributed by atoms with van der Waals surface area (Å²) in [5.74, 6) is -0.508. The van der Waals surface area contributed by atoms with E-state index in [0.717, 1.165) is 5.56 Å². The van der Waals surface area contributed by atoms with E-state index in [0.29, 0.717) is 30.0 Å². The van der Waals surface area contributed by atoms with Crippen LogP contribution in [0, 0.1) is 6.92 Å². The van der Waals surface area contributed by atoms with Crippen LogP contribution in [0.1, 0.15) is 28.5 Å². The highest BCUT2D eigenvalue weighted by atomic mass is 35.5. The number of nitrogens with zero attached hydrogens (tertiary/aromatic N) is 2. The molecule has 34 heavy (non-hydrogen) atoms. The van der Waals surface area contributed by atoms with E-state index in [9.17, 15) is 13.2 Å². The Morgan fingerprint density at radius 2 is 1.85 bits per heavy atom. The summed E-state index contributed by atoms with van der Waals surface area (Å²) >= 11 is 12.3. The molecule has 0 saturated carbocycles. The molecule has 0 saturated heterocycles. The molecule has 0 bridgehead atoms. The van der Waals surface area contributed by atoms with E-state index >= 15 is 0 Å². The van der Waals surface area contributed by atoms with E-state index < -0.39 is 15.9 Å².